The SMILES string of the molecule is CC[C@H](N)C(=O)NCCc1ccc(O)cc1. The standard InChI is InChI=1S/C12H18N2O2/c1-2-11(13)12(16)14-8-7-9-3-5-10(15)6-4-9/h3-6,11,15H,2,7-8,13H2,1H3,(H,14,16)/t11-/m0/s1. The molecule has 1 atom stereocenters. The molecule has 0 aliphatic heterocycles. The molecule has 0 aliphatic rings. The maximum atomic E-state index is 11.3. The molecule has 1 aromatic rings. The molecule has 0 aromatic heterocycles. The summed E-state index contributed by atoms with van der Waals surface area (Å²) in [6.45, 7) is 2.45. The summed E-state index contributed by atoms with van der Waals surface area (Å²) in [6, 6.07) is 6.52. The van der Waals surface area contributed by atoms with Crippen molar-refractivity contribution in [1.29, 1.82) is 0 Å². The summed E-state index contributed by atoms with van der Waals surface area (Å²) < 4.78 is 0. The van der Waals surface area contributed by atoms with Gasteiger partial charge in [-0.2, -0.15) is 0 Å². The second-order valence-electron chi connectivity index (χ2n) is 3.72. The topological polar surface area (TPSA) is 75.4 Å². The molecule has 0 fully saturated rings. The van der Waals surface area contributed by atoms with Crippen molar-refractivity contribution in [2.45, 2.75) is 25.8 Å². The highest BCUT2D eigenvalue weighted by molar-refractivity contribution is 5.81. The van der Waals surface area contributed by atoms with Gasteiger partial charge in [-0.15, -0.1) is 0 Å². The van der Waals surface area contributed by atoms with Crippen LogP contribution in [-0.4, -0.2) is 23.6 Å². The highest BCUT2D eigenvalue weighted by Gasteiger charge is 2.09. The number of nitrogens with one attached hydrogen (secondary N) is 1. The lowest BCUT2D eigenvalue weighted by Crippen LogP contribution is -2.40. The Hall–Kier alpha value is -1.55. The molecule has 88 valence electrons. The molecule has 1 rings (SSSR count). The van der Waals surface area contributed by atoms with Crippen LogP contribution in [0.2, 0.25) is 0 Å². The van der Waals surface area contributed by atoms with Crippen LogP contribution in [0.3, 0.4) is 0 Å². The van der Waals surface area contributed by atoms with Crippen LogP contribution in [0.4, 0.5) is 0 Å². The fourth-order valence-corrected chi connectivity index (χ4v) is 1.31. The van der Waals surface area contributed by atoms with Crippen molar-refractivity contribution in [2.24, 2.45) is 5.73 Å². The number of aromatic hydroxyl groups is 1. The summed E-state index contributed by atoms with van der Waals surface area (Å²) in [7, 11) is 0. The number of hydrogen-bond acceptors (Lipinski definition) is 3. The van der Waals surface area contributed by atoms with Gasteiger partial charge in [0.2, 0.25) is 5.91 Å². The summed E-state index contributed by atoms with van der Waals surface area (Å²) in [5, 5.41) is 11.9. The van der Waals surface area contributed by atoms with Gasteiger partial charge in [-0.3, -0.25) is 4.79 Å². The molecule has 1 amide bonds. The molecule has 0 radical (unpaired) electrons. The van der Waals surface area contributed by atoms with Gasteiger partial charge in [0.05, 0.1) is 6.04 Å². The van der Waals surface area contributed by atoms with Crippen molar-refractivity contribution >= 4 is 5.91 Å². The van der Waals surface area contributed by atoms with E-state index in [4.69, 9.17) is 10.8 Å². The Morgan fingerprint density at radius 3 is 2.62 bits per heavy atom. The molecule has 0 unspecified atom stereocenters. The lowest BCUT2D eigenvalue weighted by molar-refractivity contribution is -0.122. The molecular formula is C12H18N2O2. The van der Waals surface area contributed by atoms with E-state index in [0.29, 0.717) is 13.0 Å². The monoisotopic (exact) mass is 222 g/mol. The molecular weight excluding hydrogens is 204 g/mol. The second-order valence-corrected chi connectivity index (χ2v) is 3.72. The summed E-state index contributed by atoms with van der Waals surface area (Å²) in [5.74, 6) is 0.141. The van der Waals surface area contributed by atoms with E-state index in [2.05, 4.69) is 5.32 Å². The number of carbonyl (C=O) groups excluding carboxylic acids is 1. The maximum Gasteiger partial charge on any atom is 0.236 e. The number of carbonyl (C=O) groups is 1. The van der Waals surface area contributed by atoms with Crippen molar-refractivity contribution in [2.75, 3.05) is 6.54 Å². The molecule has 16 heavy (non-hydrogen) atoms. The Kier molecular flexibility index (Phi) is 4.79. The van der Waals surface area contributed by atoms with Crippen LogP contribution in [0.5, 0.6) is 5.75 Å². The van der Waals surface area contributed by atoms with E-state index in [9.17, 15) is 4.79 Å². The molecule has 0 aliphatic carbocycles. The van der Waals surface area contributed by atoms with Gasteiger partial charge in [0, 0.05) is 6.54 Å². The average Bonchev–Trinajstić information content (AvgIpc) is 2.30. The molecule has 0 saturated heterocycles. The van der Waals surface area contributed by atoms with Gasteiger partial charge < -0.3 is 16.2 Å². The van der Waals surface area contributed by atoms with Crippen LogP contribution in [0.1, 0.15) is 18.9 Å². The van der Waals surface area contributed by atoms with Gasteiger partial charge >= 0.3 is 0 Å². The van der Waals surface area contributed by atoms with Gasteiger partial charge in [-0.1, -0.05) is 19.1 Å². The zero-order chi connectivity index (χ0) is 12.0. The van der Waals surface area contributed by atoms with Crippen molar-refractivity contribution in [3.05, 3.63) is 29.8 Å². The van der Waals surface area contributed by atoms with E-state index in [1.807, 2.05) is 19.1 Å². The zero-order valence-corrected chi connectivity index (χ0v) is 9.44. The van der Waals surface area contributed by atoms with Crippen LogP contribution >= 0.6 is 0 Å². The highest BCUT2D eigenvalue weighted by atomic mass is 16.3. The molecule has 0 saturated carbocycles. The van der Waals surface area contributed by atoms with Crippen LogP contribution in [0.15, 0.2) is 24.3 Å². The third kappa shape index (κ3) is 3.90. The third-order valence-corrected chi connectivity index (χ3v) is 2.43. The number of benzene rings is 1. The van der Waals surface area contributed by atoms with Crippen LogP contribution in [0.25, 0.3) is 0 Å². The van der Waals surface area contributed by atoms with Crippen LogP contribution in [-0.2, 0) is 11.2 Å². The first-order valence-corrected chi connectivity index (χ1v) is 5.44. The Bertz CT molecular complexity index is 335. The van der Waals surface area contributed by atoms with Crippen molar-refractivity contribution in [3.8, 4) is 5.75 Å². The van der Waals surface area contributed by atoms with E-state index in [1.165, 1.54) is 0 Å². The fourth-order valence-electron chi connectivity index (χ4n) is 1.31. The first kappa shape index (κ1) is 12.5. The Labute approximate surface area is 95.5 Å². The van der Waals surface area contributed by atoms with Gasteiger partial charge in [0.1, 0.15) is 5.75 Å². The van der Waals surface area contributed by atoms with E-state index < -0.39 is 6.04 Å². The molecule has 0 bridgehead atoms. The van der Waals surface area contributed by atoms with Gasteiger partial charge in [-0.25, -0.2) is 0 Å². The van der Waals surface area contributed by atoms with E-state index in [1.54, 1.807) is 12.1 Å². The molecule has 4 nitrogen and oxygen atoms in total. The Balaban J connectivity index is 2.30. The maximum absolute atomic E-state index is 11.3. The van der Waals surface area contributed by atoms with E-state index in [-0.39, 0.29) is 11.7 Å². The van der Waals surface area contributed by atoms with Gasteiger partial charge in [0.15, 0.2) is 0 Å². The minimum absolute atomic E-state index is 0.110. The molecule has 0 heterocycles. The minimum atomic E-state index is -0.417. The third-order valence-electron chi connectivity index (χ3n) is 2.43. The smallest absolute Gasteiger partial charge is 0.236 e. The Morgan fingerprint density at radius 2 is 2.06 bits per heavy atom. The van der Waals surface area contributed by atoms with Gasteiger partial charge in [-0.05, 0) is 30.5 Å². The first-order chi connectivity index (χ1) is 7.63. The lowest BCUT2D eigenvalue weighted by atomic mass is 10.1. The largest absolute Gasteiger partial charge is 0.508 e. The summed E-state index contributed by atoms with van der Waals surface area (Å²) >= 11 is 0. The average molecular weight is 222 g/mol. The number of rotatable bonds is 5. The molecule has 4 N–H and O–H groups in total. The number of phenols is 1. The van der Waals surface area contributed by atoms with E-state index >= 15 is 0 Å². The summed E-state index contributed by atoms with van der Waals surface area (Å²) in [6.07, 6.45) is 1.38. The number of phenolic OH excluding ortho intramolecular Hbond substituents is 1. The minimum Gasteiger partial charge on any atom is -0.508 e. The highest BCUT2D eigenvalue weighted by Crippen LogP contribution is 2.09. The van der Waals surface area contributed by atoms with Crippen molar-refractivity contribution < 1.29 is 9.90 Å². The zero-order valence-electron chi connectivity index (χ0n) is 9.44. The second kappa shape index (κ2) is 6.12. The van der Waals surface area contributed by atoms with Crippen molar-refractivity contribution in [3.63, 3.8) is 0 Å². The molecule has 0 spiro atoms. The molecule has 4 heteroatoms. The molecule has 1 aromatic carbocycles. The van der Waals surface area contributed by atoms with Gasteiger partial charge in [0.25, 0.3) is 0 Å². The summed E-state index contributed by atoms with van der Waals surface area (Å²) in [4.78, 5) is 11.3. The Morgan fingerprint density at radius 1 is 1.44 bits per heavy atom. The number of hydrogen-bond donors (Lipinski definition) is 3. The fraction of sp³-hybridized carbons (Fsp3) is 0.417. The first-order valence-electron chi connectivity index (χ1n) is 5.44. The quantitative estimate of drug-likeness (QED) is 0.689. The predicted octanol–water partition coefficient (Wildman–Crippen LogP) is 0.788. The summed E-state index contributed by atoms with van der Waals surface area (Å²) in [5.41, 5.74) is 6.64. The normalized spacial score (nSPS) is 12.1. The number of amides is 1. The van der Waals surface area contributed by atoms with Crippen LogP contribution < -0.4 is 11.1 Å². The van der Waals surface area contributed by atoms with E-state index in [0.717, 1.165) is 12.0 Å². The van der Waals surface area contributed by atoms with Crippen LogP contribution in [0, 0.1) is 0 Å². The number of nitrogens with two attached hydrogens (primary N) is 1. The lowest BCUT2D eigenvalue weighted by Gasteiger charge is -2.09. The predicted molar refractivity (Wildman–Crippen MR) is 63.1 cm³/mol. The van der Waals surface area contributed by atoms with Crippen molar-refractivity contribution in [1.82, 2.24) is 5.32 Å².